The lowest BCUT2D eigenvalue weighted by Crippen LogP contribution is -2.17. The zero-order chi connectivity index (χ0) is 18.6. The van der Waals surface area contributed by atoms with Crippen LogP contribution in [-0.4, -0.2) is 24.4 Å². The van der Waals surface area contributed by atoms with E-state index < -0.39 is 17.8 Å². The molecule has 0 spiro atoms. The maximum Gasteiger partial charge on any atom is 0.348 e. The molecule has 0 atom stereocenters. The molecule has 3 N–H and O–H groups in total. The van der Waals surface area contributed by atoms with Crippen LogP contribution in [0.3, 0.4) is 0 Å². The van der Waals surface area contributed by atoms with Crippen molar-refractivity contribution in [3.05, 3.63) is 51.4 Å². The number of amides is 2. The third kappa shape index (κ3) is 3.84. The second kappa shape index (κ2) is 7.59. The highest BCUT2D eigenvalue weighted by Gasteiger charge is 2.25. The highest BCUT2D eigenvalue weighted by molar-refractivity contribution is 7.18. The van der Waals surface area contributed by atoms with E-state index in [9.17, 15) is 14.4 Å². The molecule has 7 nitrogen and oxygen atoms in total. The Morgan fingerprint density at radius 3 is 2.44 bits per heavy atom. The van der Waals surface area contributed by atoms with E-state index in [1.807, 2.05) is 6.07 Å². The number of benzene rings is 1. The smallest absolute Gasteiger partial charge is 0.348 e. The number of thiophene rings is 1. The van der Waals surface area contributed by atoms with Gasteiger partial charge in [0.2, 0.25) is 0 Å². The average molecular weight is 357 g/mol. The number of esters is 1. The number of nitrogens with zero attached hydrogens (tertiary/aromatic N) is 1. The van der Waals surface area contributed by atoms with Gasteiger partial charge in [0.25, 0.3) is 11.8 Å². The molecule has 0 radical (unpaired) electrons. The first-order valence-corrected chi connectivity index (χ1v) is 8.12. The number of carbonyl (C=O) groups is 3. The summed E-state index contributed by atoms with van der Waals surface area (Å²) in [6.07, 6.45) is 0. The van der Waals surface area contributed by atoms with Crippen molar-refractivity contribution in [3.63, 3.8) is 0 Å². The maximum absolute atomic E-state index is 12.3. The Morgan fingerprint density at radius 1 is 1.28 bits per heavy atom. The van der Waals surface area contributed by atoms with E-state index in [1.54, 1.807) is 13.8 Å². The second-order valence-corrected chi connectivity index (χ2v) is 6.01. The van der Waals surface area contributed by atoms with Crippen LogP contribution in [0.15, 0.2) is 24.3 Å². The number of anilines is 1. The third-order valence-corrected chi connectivity index (χ3v) is 4.54. The first-order chi connectivity index (χ1) is 11.9. The normalized spacial score (nSPS) is 9.96. The Kier molecular flexibility index (Phi) is 5.52. The van der Waals surface area contributed by atoms with Crippen LogP contribution in [0.2, 0.25) is 0 Å². The molecule has 0 aliphatic heterocycles. The summed E-state index contributed by atoms with van der Waals surface area (Å²) in [5.74, 6) is -1.81. The molecule has 128 valence electrons. The summed E-state index contributed by atoms with van der Waals surface area (Å²) in [4.78, 5) is 36.3. The predicted molar refractivity (Wildman–Crippen MR) is 92.6 cm³/mol. The molecule has 8 heteroatoms. The van der Waals surface area contributed by atoms with Gasteiger partial charge in [-0.2, -0.15) is 5.26 Å². The number of nitrogens with one attached hydrogen (secondary N) is 1. The largest absolute Gasteiger partial charge is 0.462 e. The molecule has 0 unspecified atom stereocenters. The molecule has 1 aromatic heterocycles. The Hall–Kier alpha value is -3.18. The van der Waals surface area contributed by atoms with Gasteiger partial charge in [-0.3, -0.25) is 9.59 Å². The van der Waals surface area contributed by atoms with E-state index in [2.05, 4.69) is 5.32 Å². The van der Waals surface area contributed by atoms with Gasteiger partial charge in [0.15, 0.2) is 0 Å². The van der Waals surface area contributed by atoms with E-state index in [4.69, 9.17) is 15.7 Å². The van der Waals surface area contributed by atoms with Crippen molar-refractivity contribution in [1.82, 2.24) is 0 Å². The van der Waals surface area contributed by atoms with Crippen molar-refractivity contribution < 1.29 is 19.1 Å². The minimum absolute atomic E-state index is 0.0787. The van der Waals surface area contributed by atoms with Gasteiger partial charge in [0.1, 0.15) is 9.88 Å². The minimum Gasteiger partial charge on any atom is -0.462 e. The van der Waals surface area contributed by atoms with E-state index in [1.165, 1.54) is 24.3 Å². The Balaban J connectivity index is 2.35. The Morgan fingerprint density at radius 2 is 1.92 bits per heavy atom. The monoisotopic (exact) mass is 357 g/mol. The summed E-state index contributed by atoms with van der Waals surface area (Å²) < 4.78 is 4.95. The first-order valence-electron chi connectivity index (χ1n) is 7.30. The van der Waals surface area contributed by atoms with Gasteiger partial charge in [0, 0.05) is 5.56 Å². The van der Waals surface area contributed by atoms with Crippen LogP contribution in [0.5, 0.6) is 0 Å². The van der Waals surface area contributed by atoms with E-state index in [-0.39, 0.29) is 22.0 Å². The number of ether oxygens (including phenoxy) is 1. The van der Waals surface area contributed by atoms with Crippen molar-refractivity contribution in [2.75, 3.05) is 11.9 Å². The van der Waals surface area contributed by atoms with Crippen LogP contribution in [0.25, 0.3) is 0 Å². The molecule has 0 fully saturated rings. The number of hydrogen-bond acceptors (Lipinski definition) is 6. The molecule has 1 heterocycles. The second-order valence-electron chi connectivity index (χ2n) is 4.99. The van der Waals surface area contributed by atoms with Crippen molar-refractivity contribution in [3.8, 4) is 6.07 Å². The van der Waals surface area contributed by atoms with Gasteiger partial charge in [0.05, 0.1) is 23.8 Å². The van der Waals surface area contributed by atoms with Gasteiger partial charge < -0.3 is 15.8 Å². The summed E-state index contributed by atoms with van der Waals surface area (Å²) in [6.45, 7) is 3.43. The van der Waals surface area contributed by atoms with Crippen LogP contribution in [0.4, 0.5) is 5.00 Å². The fourth-order valence-corrected chi connectivity index (χ4v) is 3.26. The van der Waals surface area contributed by atoms with Gasteiger partial charge in [-0.05, 0) is 43.7 Å². The van der Waals surface area contributed by atoms with Crippen LogP contribution in [-0.2, 0) is 4.74 Å². The van der Waals surface area contributed by atoms with Crippen molar-refractivity contribution in [2.45, 2.75) is 13.8 Å². The molecule has 2 aromatic rings. The lowest BCUT2D eigenvalue weighted by Gasteiger charge is -2.05. The minimum atomic E-state index is -0.751. The molecule has 0 aliphatic carbocycles. The highest BCUT2D eigenvalue weighted by Crippen LogP contribution is 2.33. The van der Waals surface area contributed by atoms with Gasteiger partial charge in [-0.15, -0.1) is 11.3 Å². The lowest BCUT2D eigenvalue weighted by molar-refractivity contribution is 0.0531. The van der Waals surface area contributed by atoms with E-state index in [0.29, 0.717) is 16.7 Å². The average Bonchev–Trinajstić information content (AvgIpc) is 2.91. The quantitative estimate of drug-likeness (QED) is 0.796. The highest BCUT2D eigenvalue weighted by atomic mass is 32.1. The molecule has 0 aliphatic rings. The number of hydrogen-bond donors (Lipinski definition) is 2. The van der Waals surface area contributed by atoms with Crippen LogP contribution in [0, 0.1) is 18.3 Å². The third-order valence-electron chi connectivity index (χ3n) is 3.36. The number of nitrogens with two attached hydrogens (primary N) is 1. The fourth-order valence-electron chi connectivity index (χ4n) is 2.16. The van der Waals surface area contributed by atoms with Crippen molar-refractivity contribution in [1.29, 1.82) is 5.26 Å². The summed E-state index contributed by atoms with van der Waals surface area (Å²) in [5.41, 5.74) is 6.55. The molecule has 2 rings (SSSR count). The molecule has 0 saturated carbocycles. The molecular formula is C17H15N3O4S. The lowest BCUT2D eigenvalue weighted by atomic mass is 10.1. The molecule has 25 heavy (non-hydrogen) atoms. The Bertz CT molecular complexity index is 879. The van der Waals surface area contributed by atoms with E-state index >= 15 is 0 Å². The van der Waals surface area contributed by atoms with Crippen molar-refractivity contribution >= 4 is 34.1 Å². The predicted octanol–water partition coefficient (Wildman–Crippen LogP) is 2.46. The number of primary amides is 1. The zero-order valence-corrected chi connectivity index (χ0v) is 14.4. The fraction of sp³-hybridized carbons (Fsp3) is 0.176. The van der Waals surface area contributed by atoms with Crippen LogP contribution < -0.4 is 11.1 Å². The molecule has 0 saturated heterocycles. The van der Waals surface area contributed by atoms with Crippen LogP contribution >= 0.6 is 11.3 Å². The maximum atomic E-state index is 12.3. The summed E-state index contributed by atoms with van der Waals surface area (Å²) >= 11 is 0.933. The molecule has 0 bridgehead atoms. The topological polar surface area (TPSA) is 122 Å². The standard InChI is InChI=1S/C17H15N3O4S/c1-3-24-17(23)13-9(2)12(14(19)21)16(25-13)20-15(22)11-6-4-10(8-18)5-7-11/h4-7H,3H2,1-2H3,(H2,19,21)(H,20,22). The molecule has 1 aromatic carbocycles. The summed E-state index contributed by atoms with van der Waals surface area (Å²) in [5, 5.41) is 11.6. The number of nitriles is 1. The van der Waals surface area contributed by atoms with Crippen molar-refractivity contribution in [2.24, 2.45) is 5.73 Å². The van der Waals surface area contributed by atoms with Gasteiger partial charge >= 0.3 is 5.97 Å². The first kappa shape index (κ1) is 18.2. The number of carbonyl (C=O) groups excluding carboxylic acids is 3. The van der Waals surface area contributed by atoms with Gasteiger partial charge in [-0.25, -0.2) is 4.79 Å². The van der Waals surface area contributed by atoms with Crippen LogP contribution in [0.1, 0.15) is 48.4 Å². The SMILES string of the molecule is CCOC(=O)c1sc(NC(=O)c2ccc(C#N)cc2)c(C(N)=O)c1C. The molecular weight excluding hydrogens is 342 g/mol. The number of rotatable bonds is 5. The van der Waals surface area contributed by atoms with E-state index in [0.717, 1.165) is 11.3 Å². The Labute approximate surface area is 148 Å². The molecule has 2 amide bonds. The zero-order valence-electron chi connectivity index (χ0n) is 13.6. The summed E-state index contributed by atoms with van der Waals surface area (Å²) in [6, 6.07) is 7.96. The van der Waals surface area contributed by atoms with Gasteiger partial charge in [-0.1, -0.05) is 0 Å². The summed E-state index contributed by atoms with van der Waals surface area (Å²) in [7, 11) is 0.